The van der Waals surface area contributed by atoms with Crippen molar-refractivity contribution in [3.63, 3.8) is 0 Å². The number of aromatic nitrogens is 3. The fourth-order valence-electron chi connectivity index (χ4n) is 2.69. The third kappa shape index (κ3) is 4.44. The van der Waals surface area contributed by atoms with Crippen molar-refractivity contribution in [1.29, 1.82) is 0 Å². The lowest BCUT2D eigenvalue weighted by Crippen LogP contribution is -2.16. The molecule has 29 heavy (non-hydrogen) atoms. The number of sulfonamides is 1. The van der Waals surface area contributed by atoms with Gasteiger partial charge < -0.3 is 5.32 Å². The predicted molar refractivity (Wildman–Crippen MR) is 113 cm³/mol. The Balaban J connectivity index is 1.71. The molecule has 7 nitrogen and oxygen atoms in total. The zero-order valence-corrected chi connectivity index (χ0v) is 16.7. The highest BCUT2D eigenvalue weighted by Crippen LogP contribution is 2.25. The minimum atomic E-state index is -3.90. The van der Waals surface area contributed by atoms with Crippen LogP contribution in [0.15, 0.2) is 77.8 Å². The van der Waals surface area contributed by atoms with Crippen molar-refractivity contribution in [2.24, 2.45) is 0 Å². The monoisotopic (exact) mass is 425 g/mol. The lowest BCUT2D eigenvalue weighted by Gasteiger charge is -2.14. The number of anilines is 2. The van der Waals surface area contributed by atoms with E-state index < -0.39 is 10.0 Å². The summed E-state index contributed by atoms with van der Waals surface area (Å²) in [5.74, 6) is 0.402. The Morgan fingerprint density at radius 2 is 1.59 bits per heavy atom. The van der Waals surface area contributed by atoms with Gasteiger partial charge in [0, 0.05) is 11.2 Å². The largest absolute Gasteiger partial charge is 0.361 e. The van der Waals surface area contributed by atoms with Gasteiger partial charge in [0.15, 0.2) is 11.6 Å². The first-order valence-corrected chi connectivity index (χ1v) is 10.6. The molecule has 0 fully saturated rings. The molecule has 0 aliphatic rings. The van der Waals surface area contributed by atoms with Gasteiger partial charge in [0.25, 0.3) is 10.0 Å². The van der Waals surface area contributed by atoms with Crippen LogP contribution in [0.3, 0.4) is 0 Å². The van der Waals surface area contributed by atoms with Gasteiger partial charge in [-0.3, -0.25) is 9.71 Å². The Kier molecular flexibility index (Phi) is 5.28. The molecule has 2 N–H and O–H groups in total. The lowest BCUT2D eigenvalue weighted by molar-refractivity contribution is 0.601. The Hall–Kier alpha value is -3.23. The smallest absolute Gasteiger partial charge is 0.263 e. The molecule has 0 atom stereocenters. The van der Waals surface area contributed by atoms with E-state index in [0.29, 0.717) is 28.4 Å². The fraction of sp³-hybridized carbons (Fsp3) is 0.0500. The molecule has 4 rings (SSSR count). The number of hydrogen-bond acceptors (Lipinski definition) is 6. The number of para-hydroxylation sites is 2. The van der Waals surface area contributed by atoms with Crippen LogP contribution in [0.25, 0.3) is 11.0 Å². The van der Waals surface area contributed by atoms with E-state index in [9.17, 15) is 8.42 Å². The molecule has 4 aromatic rings. The molecule has 0 amide bonds. The number of hydrogen-bond donors (Lipinski definition) is 2. The molecule has 0 aliphatic carbocycles. The summed E-state index contributed by atoms with van der Waals surface area (Å²) in [4.78, 5) is 13.3. The van der Waals surface area contributed by atoms with Gasteiger partial charge >= 0.3 is 0 Å². The van der Waals surface area contributed by atoms with Gasteiger partial charge in [-0.1, -0.05) is 35.9 Å². The average molecular weight is 426 g/mol. The van der Waals surface area contributed by atoms with Gasteiger partial charge in [-0.2, -0.15) is 0 Å². The number of benzene rings is 2. The molecular formula is C20H16ClN5O2S. The summed E-state index contributed by atoms with van der Waals surface area (Å²) >= 11 is 5.94. The SMILES string of the molecule is O=S(=O)(Nc1nc2ccccc2nc1NCc1ccccn1)c1cccc(Cl)c1. The zero-order chi connectivity index (χ0) is 20.3. The van der Waals surface area contributed by atoms with Crippen LogP contribution < -0.4 is 10.0 Å². The van der Waals surface area contributed by atoms with Gasteiger partial charge in [-0.25, -0.2) is 18.4 Å². The number of nitrogens with zero attached hydrogens (tertiary/aromatic N) is 3. The van der Waals surface area contributed by atoms with Crippen molar-refractivity contribution in [2.45, 2.75) is 11.4 Å². The zero-order valence-electron chi connectivity index (χ0n) is 15.1. The highest BCUT2D eigenvalue weighted by molar-refractivity contribution is 7.92. The first-order valence-electron chi connectivity index (χ1n) is 8.70. The summed E-state index contributed by atoms with van der Waals surface area (Å²) in [5.41, 5.74) is 1.99. The second-order valence-corrected chi connectivity index (χ2v) is 8.27. The van der Waals surface area contributed by atoms with Crippen molar-refractivity contribution < 1.29 is 8.42 Å². The minimum absolute atomic E-state index is 0.0376. The molecule has 2 aromatic heterocycles. The molecule has 0 unspecified atom stereocenters. The predicted octanol–water partition coefficient (Wildman–Crippen LogP) is 4.09. The Morgan fingerprint density at radius 3 is 2.28 bits per heavy atom. The summed E-state index contributed by atoms with van der Waals surface area (Å²) in [7, 11) is -3.90. The first kappa shape index (κ1) is 19.1. The van der Waals surface area contributed by atoms with Crippen LogP contribution in [-0.2, 0) is 16.6 Å². The molecule has 0 spiro atoms. The van der Waals surface area contributed by atoms with Crippen LogP contribution in [0.4, 0.5) is 11.6 Å². The van der Waals surface area contributed by atoms with E-state index in [2.05, 4.69) is 25.0 Å². The highest BCUT2D eigenvalue weighted by atomic mass is 35.5. The molecule has 0 saturated carbocycles. The molecule has 2 heterocycles. The Labute approximate surface area is 172 Å². The number of halogens is 1. The normalized spacial score (nSPS) is 11.3. The Morgan fingerprint density at radius 1 is 0.862 bits per heavy atom. The molecule has 0 aliphatic heterocycles. The summed E-state index contributed by atoms with van der Waals surface area (Å²) in [6.07, 6.45) is 1.69. The number of fused-ring (bicyclic) bond motifs is 1. The number of rotatable bonds is 6. The van der Waals surface area contributed by atoms with Crippen LogP contribution in [0.2, 0.25) is 5.02 Å². The van der Waals surface area contributed by atoms with Crippen LogP contribution in [0.5, 0.6) is 0 Å². The molecule has 0 saturated heterocycles. The second kappa shape index (κ2) is 8.02. The van der Waals surface area contributed by atoms with Gasteiger partial charge in [0.05, 0.1) is 28.2 Å². The van der Waals surface area contributed by atoms with E-state index in [-0.39, 0.29) is 10.7 Å². The van der Waals surface area contributed by atoms with Crippen LogP contribution >= 0.6 is 11.6 Å². The first-order chi connectivity index (χ1) is 14.0. The maximum atomic E-state index is 12.8. The molecule has 0 bridgehead atoms. The third-order valence-corrected chi connectivity index (χ3v) is 5.64. The van der Waals surface area contributed by atoms with Gasteiger partial charge in [0.2, 0.25) is 0 Å². The fourth-order valence-corrected chi connectivity index (χ4v) is 4.00. The number of pyridine rings is 1. The van der Waals surface area contributed by atoms with E-state index in [1.165, 1.54) is 12.1 Å². The Bertz CT molecular complexity index is 1270. The van der Waals surface area contributed by atoms with Crippen LogP contribution in [-0.4, -0.2) is 23.4 Å². The van der Waals surface area contributed by atoms with Crippen molar-refractivity contribution in [2.75, 3.05) is 10.0 Å². The molecule has 9 heteroatoms. The lowest BCUT2D eigenvalue weighted by atomic mass is 10.3. The quantitative estimate of drug-likeness (QED) is 0.483. The number of nitrogens with one attached hydrogen (secondary N) is 2. The van der Waals surface area contributed by atoms with Gasteiger partial charge in [0.1, 0.15) is 0 Å². The average Bonchev–Trinajstić information content (AvgIpc) is 2.73. The van der Waals surface area contributed by atoms with Gasteiger partial charge in [-0.15, -0.1) is 0 Å². The van der Waals surface area contributed by atoms with E-state index >= 15 is 0 Å². The van der Waals surface area contributed by atoms with E-state index in [4.69, 9.17) is 11.6 Å². The van der Waals surface area contributed by atoms with Gasteiger partial charge in [-0.05, 0) is 42.5 Å². The summed E-state index contributed by atoms with van der Waals surface area (Å²) in [5, 5.41) is 3.44. The maximum absolute atomic E-state index is 12.8. The minimum Gasteiger partial charge on any atom is -0.361 e. The molecule has 0 radical (unpaired) electrons. The van der Waals surface area contributed by atoms with E-state index in [0.717, 1.165) is 5.69 Å². The third-order valence-electron chi connectivity index (χ3n) is 4.07. The maximum Gasteiger partial charge on any atom is 0.263 e. The summed E-state index contributed by atoms with van der Waals surface area (Å²) in [6, 6.07) is 18.8. The van der Waals surface area contributed by atoms with Crippen molar-refractivity contribution in [1.82, 2.24) is 15.0 Å². The van der Waals surface area contributed by atoms with Crippen molar-refractivity contribution >= 4 is 44.3 Å². The summed E-state index contributed by atoms with van der Waals surface area (Å²) < 4.78 is 28.2. The second-order valence-electron chi connectivity index (χ2n) is 6.15. The molecule has 146 valence electrons. The van der Waals surface area contributed by atoms with E-state index in [1.54, 1.807) is 24.4 Å². The highest BCUT2D eigenvalue weighted by Gasteiger charge is 2.19. The van der Waals surface area contributed by atoms with E-state index in [1.807, 2.05) is 36.4 Å². The summed E-state index contributed by atoms with van der Waals surface area (Å²) in [6.45, 7) is 0.361. The van der Waals surface area contributed by atoms with Crippen molar-refractivity contribution in [3.8, 4) is 0 Å². The topological polar surface area (TPSA) is 96.9 Å². The molecule has 2 aromatic carbocycles. The standard InChI is InChI=1S/C20H16ClN5O2S/c21-14-6-5-8-16(12-14)29(27,28)26-20-19(23-13-15-7-3-4-11-22-15)24-17-9-1-2-10-18(17)25-20/h1-12H,13H2,(H,23,24)(H,25,26). The molecular weight excluding hydrogens is 410 g/mol. The van der Waals surface area contributed by atoms with Crippen LogP contribution in [0, 0.1) is 0 Å². The van der Waals surface area contributed by atoms with Crippen LogP contribution in [0.1, 0.15) is 5.69 Å². The van der Waals surface area contributed by atoms with Crippen molar-refractivity contribution in [3.05, 3.63) is 83.6 Å².